The van der Waals surface area contributed by atoms with Crippen molar-refractivity contribution >= 4 is 5.97 Å². The summed E-state index contributed by atoms with van der Waals surface area (Å²) in [6.45, 7) is 2.10. The van der Waals surface area contributed by atoms with E-state index in [1.54, 1.807) is 0 Å². The maximum absolute atomic E-state index is 11.3. The highest BCUT2D eigenvalue weighted by Crippen LogP contribution is 2.30. The van der Waals surface area contributed by atoms with E-state index in [0.717, 1.165) is 19.3 Å². The van der Waals surface area contributed by atoms with Crippen LogP contribution in [0.1, 0.15) is 32.6 Å². The summed E-state index contributed by atoms with van der Waals surface area (Å²) in [5, 5.41) is 0. The second-order valence-electron chi connectivity index (χ2n) is 3.44. The average Bonchev–Trinajstić information content (AvgIpc) is 2.05. The minimum Gasteiger partial charge on any atom is -0.298 e. The fraction of sp³-hybridized carbons (Fsp3) is 0.889. The van der Waals surface area contributed by atoms with Crippen molar-refractivity contribution in [3.63, 3.8) is 0 Å². The first-order chi connectivity index (χ1) is 5.75. The van der Waals surface area contributed by atoms with Crippen molar-refractivity contribution in [1.29, 1.82) is 0 Å². The van der Waals surface area contributed by atoms with Gasteiger partial charge >= 0.3 is 5.97 Å². The van der Waals surface area contributed by atoms with Crippen molar-refractivity contribution in [2.75, 3.05) is 7.11 Å². The van der Waals surface area contributed by atoms with Gasteiger partial charge in [-0.3, -0.25) is 4.89 Å². The highest BCUT2D eigenvalue weighted by Gasteiger charge is 2.29. The molecule has 0 amide bonds. The summed E-state index contributed by atoms with van der Waals surface area (Å²) in [6.07, 6.45) is 4.44. The van der Waals surface area contributed by atoms with E-state index in [2.05, 4.69) is 16.7 Å². The van der Waals surface area contributed by atoms with Gasteiger partial charge in [-0.15, -0.1) is 0 Å². The first kappa shape index (κ1) is 9.52. The van der Waals surface area contributed by atoms with Gasteiger partial charge in [0.05, 0.1) is 13.0 Å². The quantitative estimate of drug-likeness (QED) is 0.471. The lowest BCUT2D eigenvalue weighted by Crippen LogP contribution is -2.26. The zero-order valence-corrected chi connectivity index (χ0v) is 7.71. The van der Waals surface area contributed by atoms with E-state index >= 15 is 0 Å². The van der Waals surface area contributed by atoms with Crippen LogP contribution in [0.15, 0.2) is 0 Å². The molecule has 2 unspecified atom stereocenters. The Morgan fingerprint density at radius 2 is 2.00 bits per heavy atom. The Hall–Kier alpha value is -0.570. The van der Waals surface area contributed by atoms with Gasteiger partial charge in [0.15, 0.2) is 0 Å². The molecule has 70 valence electrons. The number of carbonyl (C=O) groups excluding carboxylic acids is 1. The smallest absolute Gasteiger partial charge is 0.298 e. The van der Waals surface area contributed by atoms with Crippen molar-refractivity contribution in [2.24, 2.45) is 11.8 Å². The van der Waals surface area contributed by atoms with Gasteiger partial charge in [-0.2, -0.15) is 4.89 Å². The van der Waals surface area contributed by atoms with Crippen LogP contribution in [0, 0.1) is 11.8 Å². The van der Waals surface area contributed by atoms with Gasteiger partial charge in [-0.05, 0) is 18.8 Å². The van der Waals surface area contributed by atoms with Crippen LogP contribution < -0.4 is 0 Å². The molecule has 1 aliphatic rings. The Balaban J connectivity index is 2.42. The SMILES string of the molecule is COOC(=O)C1CCCCC1C. The highest BCUT2D eigenvalue weighted by atomic mass is 17.2. The molecule has 0 aromatic heterocycles. The summed E-state index contributed by atoms with van der Waals surface area (Å²) < 4.78 is 0. The van der Waals surface area contributed by atoms with Crippen molar-refractivity contribution in [1.82, 2.24) is 0 Å². The third kappa shape index (κ3) is 2.21. The molecule has 1 aliphatic carbocycles. The van der Waals surface area contributed by atoms with E-state index in [0.29, 0.717) is 5.92 Å². The van der Waals surface area contributed by atoms with E-state index in [9.17, 15) is 4.79 Å². The minimum atomic E-state index is -0.204. The van der Waals surface area contributed by atoms with Crippen LogP contribution in [0.5, 0.6) is 0 Å². The Morgan fingerprint density at radius 1 is 1.33 bits per heavy atom. The largest absolute Gasteiger partial charge is 0.345 e. The zero-order valence-electron chi connectivity index (χ0n) is 7.71. The summed E-state index contributed by atoms with van der Waals surface area (Å²) in [4.78, 5) is 20.1. The molecule has 1 rings (SSSR count). The van der Waals surface area contributed by atoms with E-state index < -0.39 is 0 Å². The molecular formula is C9H16O3. The Bertz CT molecular complexity index is 156. The molecule has 0 aromatic carbocycles. The predicted molar refractivity (Wildman–Crippen MR) is 44.2 cm³/mol. The molecular weight excluding hydrogens is 156 g/mol. The van der Waals surface area contributed by atoms with Gasteiger partial charge in [0.1, 0.15) is 0 Å². The van der Waals surface area contributed by atoms with E-state index in [-0.39, 0.29) is 11.9 Å². The standard InChI is InChI=1S/C9H16O3/c1-7-5-3-4-6-8(7)9(10)12-11-2/h7-8H,3-6H2,1-2H3. The zero-order chi connectivity index (χ0) is 8.97. The highest BCUT2D eigenvalue weighted by molar-refractivity contribution is 5.72. The lowest BCUT2D eigenvalue weighted by molar-refractivity contribution is -0.261. The fourth-order valence-corrected chi connectivity index (χ4v) is 1.81. The van der Waals surface area contributed by atoms with E-state index in [1.807, 2.05) is 0 Å². The molecule has 0 bridgehead atoms. The normalized spacial score (nSPS) is 29.8. The molecule has 3 heteroatoms. The van der Waals surface area contributed by atoms with E-state index in [4.69, 9.17) is 0 Å². The molecule has 0 radical (unpaired) electrons. The first-order valence-electron chi connectivity index (χ1n) is 4.50. The summed E-state index contributed by atoms with van der Waals surface area (Å²) in [6, 6.07) is 0. The molecule has 0 aliphatic heterocycles. The molecule has 0 aromatic rings. The Kier molecular flexibility index (Phi) is 3.53. The van der Waals surface area contributed by atoms with Crippen LogP contribution in [0.2, 0.25) is 0 Å². The predicted octanol–water partition coefficient (Wildman–Crippen LogP) is 1.92. The van der Waals surface area contributed by atoms with Crippen LogP contribution in [-0.4, -0.2) is 13.1 Å². The number of rotatable bonds is 2. The number of hydrogen-bond donors (Lipinski definition) is 0. The number of hydrogen-bond acceptors (Lipinski definition) is 3. The van der Waals surface area contributed by atoms with Crippen LogP contribution in [0.3, 0.4) is 0 Å². The molecule has 1 saturated carbocycles. The third-order valence-corrected chi connectivity index (χ3v) is 2.58. The van der Waals surface area contributed by atoms with Crippen LogP contribution in [-0.2, 0) is 14.6 Å². The van der Waals surface area contributed by atoms with Crippen molar-refractivity contribution in [2.45, 2.75) is 32.6 Å². The molecule has 2 atom stereocenters. The fourth-order valence-electron chi connectivity index (χ4n) is 1.81. The summed E-state index contributed by atoms with van der Waals surface area (Å²) in [5.74, 6) is 0.296. The molecule has 0 saturated heterocycles. The average molecular weight is 172 g/mol. The molecule has 12 heavy (non-hydrogen) atoms. The summed E-state index contributed by atoms with van der Waals surface area (Å²) in [5.41, 5.74) is 0. The van der Waals surface area contributed by atoms with Gasteiger partial charge in [-0.1, -0.05) is 19.8 Å². The number of carbonyl (C=O) groups is 1. The maximum atomic E-state index is 11.3. The first-order valence-corrected chi connectivity index (χ1v) is 4.50. The maximum Gasteiger partial charge on any atom is 0.345 e. The second-order valence-corrected chi connectivity index (χ2v) is 3.44. The van der Waals surface area contributed by atoms with Crippen LogP contribution in [0.4, 0.5) is 0 Å². The molecule has 0 spiro atoms. The van der Waals surface area contributed by atoms with Crippen molar-refractivity contribution < 1.29 is 14.6 Å². The third-order valence-electron chi connectivity index (χ3n) is 2.58. The topological polar surface area (TPSA) is 35.5 Å². The van der Waals surface area contributed by atoms with Crippen LogP contribution in [0.25, 0.3) is 0 Å². The molecule has 0 heterocycles. The molecule has 0 N–H and O–H groups in total. The van der Waals surface area contributed by atoms with Gasteiger partial charge in [0.25, 0.3) is 0 Å². The summed E-state index contributed by atoms with van der Waals surface area (Å²) in [7, 11) is 1.37. The monoisotopic (exact) mass is 172 g/mol. The Labute approximate surface area is 73.0 Å². The lowest BCUT2D eigenvalue weighted by Gasteiger charge is -2.25. The molecule has 1 fully saturated rings. The van der Waals surface area contributed by atoms with Crippen LogP contribution >= 0.6 is 0 Å². The van der Waals surface area contributed by atoms with Crippen molar-refractivity contribution in [3.8, 4) is 0 Å². The van der Waals surface area contributed by atoms with Crippen molar-refractivity contribution in [3.05, 3.63) is 0 Å². The van der Waals surface area contributed by atoms with Gasteiger partial charge in [0, 0.05) is 0 Å². The Morgan fingerprint density at radius 3 is 2.58 bits per heavy atom. The lowest BCUT2D eigenvalue weighted by atomic mass is 9.81. The van der Waals surface area contributed by atoms with Gasteiger partial charge in [0.2, 0.25) is 0 Å². The minimum absolute atomic E-state index is 0.0544. The van der Waals surface area contributed by atoms with Gasteiger partial charge in [-0.25, -0.2) is 4.79 Å². The van der Waals surface area contributed by atoms with E-state index in [1.165, 1.54) is 13.5 Å². The second kappa shape index (κ2) is 4.45. The molecule has 3 nitrogen and oxygen atoms in total. The van der Waals surface area contributed by atoms with Gasteiger partial charge < -0.3 is 0 Å². The summed E-state index contributed by atoms with van der Waals surface area (Å²) >= 11 is 0.